The van der Waals surface area contributed by atoms with Gasteiger partial charge in [-0.1, -0.05) is 18.2 Å². The highest BCUT2D eigenvalue weighted by Crippen LogP contribution is 2.24. The van der Waals surface area contributed by atoms with Crippen LogP contribution in [-0.2, 0) is 6.61 Å². The summed E-state index contributed by atoms with van der Waals surface area (Å²) < 4.78 is 11.2. The normalized spacial score (nSPS) is 12.0. The third-order valence-corrected chi connectivity index (χ3v) is 3.21. The summed E-state index contributed by atoms with van der Waals surface area (Å²) in [6, 6.07) is 14.0. The van der Waals surface area contributed by atoms with Gasteiger partial charge in [0, 0.05) is 11.6 Å². The lowest BCUT2D eigenvalue weighted by Gasteiger charge is -2.14. The van der Waals surface area contributed by atoms with Crippen LogP contribution in [0.2, 0.25) is 0 Å². The molecule has 2 aromatic carbocycles. The minimum Gasteiger partial charge on any atom is -0.496 e. The Labute approximate surface area is 120 Å². The highest BCUT2D eigenvalue weighted by Gasteiger charge is 2.08. The zero-order chi connectivity index (χ0) is 14.5. The molecule has 0 bridgehead atoms. The van der Waals surface area contributed by atoms with E-state index in [4.69, 9.17) is 15.2 Å². The molecule has 3 nitrogen and oxygen atoms in total. The molecule has 1 unspecified atom stereocenters. The Morgan fingerprint density at radius 3 is 2.60 bits per heavy atom. The van der Waals surface area contributed by atoms with Gasteiger partial charge in [-0.05, 0) is 49.2 Å². The second kappa shape index (κ2) is 6.44. The first kappa shape index (κ1) is 14.4. The topological polar surface area (TPSA) is 44.5 Å². The van der Waals surface area contributed by atoms with Gasteiger partial charge in [0.15, 0.2) is 0 Å². The van der Waals surface area contributed by atoms with Crippen LogP contribution in [-0.4, -0.2) is 7.11 Å². The SMILES string of the molecule is COc1ccc(C(C)N)cc1COc1cccc(C)c1. The van der Waals surface area contributed by atoms with Crippen LogP contribution in [0.25, 0.3) is 0 Å². The molecule has 2 rings (SSSR count). The van der Waals surface area contributed by atoms with Gasteiger partial charge >= 0.3 is 0 Å². The van der Waals surface area contributed by atoms with Gasteiger partial charge in [-0.15, -0.1) is 0 Å². The zero-order valence-corrected chi connectivity index (χ0v) is 12.2. The van der Waals surface area contributed by atoms with Gasteiger partial charge in [0.25, 0.3) is 0 Å². The van der Waals surface area contributed by atoms with Gasteiger partial charge < -0.3 is 15.2 Å². The van der Waals surface area contributed by atoms with Crippen LogP contribution in [0.3, 0.4) is 0 Å². The maximum absolute atomic E-state index is 5.92. The molecule has 0 fully saturated rings. The number of rotatable bonds is 5. The number of benzene rings is 2. The van der Waals surface area contributed by atoms with E-state index >= 15 is 0 Å². The molecule has 2 N–H and O–H groups in total. The van der Waals surface area contributed by atoms with E-state index in [-0.39, 0.29) is 6.04 Å². The third kappa shape index (κ3) is 3.52. The maximum atomic E-state index is 5.92. The predicted octanol–water partition coefficient (Wildman–Crippen LogP) is 3.60. The van der Waals surface area contributed by atoms with Crippen molar-refractivity contribution >= 4 is 0 Å². The lowest BCUT2D eigenvalue weighted by molar-refractivity contribution is 0.296. The van der Waals surface area contributed by atoms with Crippen molar-refractivity contribution in [2.75, 3.05) is 7.11 Å². The van der Waals surface area contributed by atoms with Crippen LogP contribution in [0.15, 0.2) is 42.5 Å². The number of methoxy groups -OCH3 is 1. The zero-order valence-electron chi connectivity index (χ0n) is 12.2. The molecule has 1 atom stereocenters. The summed E-state index contributed by atoms with van der Waals surface area (Å²) in [4.78, 5) is 0. The summed E-state index contributed by atoms with van der Waals surface area (Å²) >= 11 is 0. The summed E-state index contributed by atoms with van der Waals surface area (Å²) in [5.74, 6) is 1.68. The molecule has 3 heteroatoms. The van der Waals surface area contributed by atoms with Crippen LogP contribution in [0, 0.1) is 6.92 Å². The van der Waals surface area contributed by atoms with Crippen LogP contribution in [0.5, 0.6) is 11.5 Å². The minimum atomic E-state index is -0.00127. The fourth-order valence-corrected chi connectivity index (χ4v) is 2.06. The fourth-order valence-electron chi connectivity index (χ4n) is 2.06. The average Bonchev–Trinajstić information content (AvgIpc) is 2.44. The molecule has 0 amide bonds. The number of hydrogen-bond acceptors (Lipinski definition) is 3. The molecule has 0 spiro atoms. The number of ether oxygens (including phenoxy) is 2. The second-order valence-corrected chi connectivity index (χ2v) is 4.97. The molecule has 0 saturated carbocycles. The lowest BCUT2D eigenvalue weighted by Crippen LogP contribution is -2.07. The molecule has 0 heterocycles. The summed E-state index contributed by atoms with van der Waals surface area (Å²) in [5.41, 5.74) is 9.18. The summed E-state index contributed by atoms with van der Waals surface area (Å²) in [6.45, 7) is 4.48. The van der Waals surface area contributed by atoms with Crippen LogP contribution < -0.4 is 15.2 Å². The largest absolute Gasteiger partial charge is 0.496 e. The molecule has 0 radical (unpaired) electrons. The number of aryl methyl sites for hydroxylation is 1. The Hall–Kier alpha value is -2.00. The first-order chi connectivity index (χ1) is 9.60. The number of hydrogen-bond donors (Lipinski definition) is 1. The molecule has 0 aliphatic rings. The van der Waals surface area contributed by atoms with Crippen molar-refractivity contribution in [1.29, 1.82) is 0 Å². The van der Waals surface area contributed by atoms with Gasteiger partial charge in [0.05, 0.1) is 7.11 Å². The quantitative estimate of drug-likeness (QED) is 0.903. The van der Waals surface area contributed by atoms with Crippen LogP contribution in [0.4, 0.5) is 0 Å². The van der Waals surface area contributed by atoms with E-state index in [1.807, 2.05) is 56.3 Å². The molecule has 20 heavy (non-hydrogen) atoms. The Kier molecular flexibility index (Phi) is 4.64. The van der Waals surface area contributed by atoms with Crippen molar-refractivity contribution in [3.63, 3.8) is 0 Å². The van der Waals surface area contributed by atoms with E-state index in [1.54, 1.807) is 7.11 Å². The number of nitrogens with two attached hydrogens (primary N) is 1. The second-order valence-electron chi connectivity index (χ2n) is 4.97. The van der Waals surface area contributed by atoms with E-state index in [2.05, 4.69) is 0 Å². The Morgan fingerprint density at radius 1 is 1.15 bits per heavy atom. The highest BCUT2D eigenvalue weighted by atomic mass is 16.5. The predicted molar refractivity (Wildman–Crippen MR) is 81.1 cm³/mol. The fraction of sp³-hybridized carbons (Fsp3) is 0.294. The van der Waals surface area contributed by atoms with Gasteiger partial charge in [-0.2, -0.15) is 0 Å². The lowest BCUT2D eigenvalue weighted by atomic mass is 10.1. The van der Waals surface area contributed by atoms with Gasteiger partial charge in [-0.3, -0.25) is 0 Å². The van der Waals surface area contributed by atoms with Crippen molar-refractivity contribution in [2.24, 2.45) is 5.73 Å². The molecule has 2 aromatic rings. The molecular formula is C17H21NO2. The Balaban J connectivity index is 2.17. The summed E-state index contributed by atoms with van der Waals surface area (Å²) in [7, 11) is 1.66. The monoisotopic (exact) mass is 271 g/mol. The molecular weight excluding hydrogens is 250 g/mol. The van der Waals surface area contributed by atoms with Crippen molar-refractivity contribution in [2.45, 2.75) is 26.5 Å². The Morgan fingerprint density at radius 2 is 1.95 bits per heavy atom. The van der Waals surface area contributed by atoms with Crippen molar-refractivity contribution in [3.05, 3.63) is 59.2 Å². The van der Waals surface area contributed by atoms with Gasteiger partial charge in [0.1, 0.15) is 18.1 Å². The highest BCUT2D eigenvalue weighted by molar-refractivity contribution is 5.38. The maximum Gasteiger partial charge on any atom is 0.125 e. The first-order valence-corrected chi connectivity index (χ1v) is 6.72. The average molecular weight is 271 g/mol. The van der Waals surface area contributed by atoms with Crippen LogP contribution >= 0.6 is 0 Å². The van der Waals surface area contributed by atoms with Gasteiger partial charge in [0.2, 0.25) is 0 Å². The van der Waals surface area contributed by atoms with Crippen molar-refractivity contribution in [3.8, 4) is 11.5 Å². The summed E-state index contributed by atoms with van der Waals surface area (Å²) in [6.07, 6.45) is 0. The van der Waals surface area contributed by atoms with Crippen molar-refractivity contribution < 1.29 is 9.47 Å². The van der Waals surface area contributed by atoms with Gasteiger partial charge in [-0.25, -0.2) is 0 Å². The molecule has 0 aromatic heterocycles. The van der Waals surface area contributed by atoms with E-state index in [0.29, 0.717) is 6.61 Å². The molecule has 0 aliphatic heterocycles. The van der Waals surface area contributed by atoms with Crippen molar-refractivity contribution in [1.82, 2.24) is 0 Å². The first-order valence-electron chi connectivity index (χ1n) is 6.72. The third-order valence-electron chi connectivity index (χ3n) is 3.21. The standard InChI is InChI=1S/C17H21NO2/c1-12-5-4-6-16(9-12)20-11-15-10-14(13(2)18)7-8-17(15)19-3/h4-10,13H,11,18H2,1-3H3. The molecule has 0 aliphatic carbocycles. The van der Waals surface area contributed by atoms with Crippen LogP contribution in [0.1, 0.15) is 29.7 Å². The van der Waals surface area contributed by atoms with E-state index in [0.717, 1.165) is 22.6 Å². The van der Waals surface area contributed by atoms with E-state index < -0.39 is 0 Å². The minimum absolute atomic E-state index is 0.00127. The Bertz CT molecular complexity index is 579. The van der Waals surface area contributed by atoms with E-state index in [1.165, 1.54) is 5.56 Å². The van der Waals surface area contributed by atoms with E-state index in [9.17, 15) is 0 Å². The summed E-state index contributed by atoms with van der Waals surface area (Å²) in [5, 5.41) is 0. The smallest absolute Gasteiger partial charge is 0.125 e. The molecule has 0 saturated heterocycles. The molecule has 106 valence electrons.